The van der Waals surface area contributed by atoms with E-state index in [1.54, 1.807) is 17.3 Å². The molecule has 19 heavy (non-hydrogen) atoms. The van der Waals surface area contributed by atoms with E-state index in [1.165, 1.54) is 11.3 Å². The first-order chi connectivity index (χ1) is 9.16. The molecule has 0 amide bonds. The highest BCUT2D eigenvalue weighted by Gasteiger charge is 2.10. The minimum atomic E-state index is 0.627. The minimum absolute atomic E-state index is 0.627. The lowest BCUT2D eigenvalue weighted by atomic mass is 10.2. The van der Waals surface area contributed by atoms with Crippen LogP contribution in [0.4, 0.5) is 0 Å². The molecule has 1 aromatic heterocycles. The molecule has 1 heterocycles. The van der Waals surface area contributed by atoms with E-state index in [0.717, 1.165) is 32.9 Å². The molecule has 0 atom stereocenters. The summed E-state index contributed by atoms with van der Waals surface area (Å²) in [6.45, 7) is 6.14. The number of hydrogen-bond acceptors (Lipinski definition) is 5. The third-order valence-electron chi connectivity index (χ3n) is 2.47. The maximum atomic E-state index is 6.30. The quantitative estimate of drug-likeness (QED) is 0.871. The number of rotatable bonds is 6. The summed E-state index contributed by atoms with van der Waals surface area (Å²) >= 11 is 9.45. The first kappa shape index (κ1) is 14.8. The summed E-state index contributed by atoms with van der Waals surface area (Å²) in [4.78, 5) is 1.14. The Hall–Kier alpha value is -0.620. The van der Waals surface area contributed by atoms with Crippen LogP contribution in [0.5, 0.6) is 0 Å². The molecule has 2 rings (SSSR count). The van der Waals surface area contributed by atoms with Crippen molar-refractivity contribution in [1.82, 2.24) is 15.5 Å². The van der Waals surface area contributed by atoms with E-state index in [4.69, 9.17) is 11.6 Å². The van der Waals surface area contributed by atoms with E-state index in [-0.39, 0.29) is 0 Å². The first-order valence-electron chi connectivity index (χ1n) is 6.09. The first-order valence-corrected chi connectivity index (χ1v) is 8.16. The highest BCUT2D eigenvalue weighted by molar-refractivity contribution is 8.01. The molecule has 0 bridgehead atoms. The van der Waals surface area contributed by atoms with Crippen LogP contribution in [0.25, 0.3) is 0 Å². The van der Waals surface area contributed by atoms with Gasteiger partial charge in [0.15, 0.2) is 4.34 Å². The van der Waals surface area contributed by atoms with E-state index in [1.807, 2.05) is 12.1 Å². The van der Waals surface area contributed by atoms with Gasteiger partial charge in [0.05, 0.1) is 0 Å². The van der Waals surface area contributed by atoms with Gasteiger partial charge in [-0.3, -0.25) is 0 Å². The maximum Gasteiger partial charge on any atom is 0.178 e. The van der Waals surface area contributed by atoms with Crippen LogP contribution in [0, 0.1) is 5.92 Å². The van der Waals surface area contributed by atoms with Gasteiger partial charge in [0.2, 0.25) is 0 Å². The van der Waals surface area contributed by atoms with Gasteiger partial charge in [-0.25, -0.2) is 0 Å². The lowest BCUT2D eigenvalue weighted by Crippen LogP contribution is -2.19. The van der Waals surface area contributed by atoms with Gasteiger partial charge in [0, 0.05) is 16.5 Å². The van der Waals surface area contributed by atoms with Crippen molar-refractivity contribution in [3.63, 3.8) is 0 Å². The summed E-state index contributed by atoms with van der Waals surface area (Å²) in [5.74, 6) is 0.627. The fourth-order valence-electron chi connectivity index (χ4n) is 1.59. The Kier molecular flexibility index (Phi) is 5.63. The molecule has 0 saturated heterocycles. The predicted octanol–water partition coefficient (Wildman–Crippen LogP) is 4.09. The van der Waals surface area contributed by atoms with Crippen molar-refractivity contribution in [2.75, 3.05) is 6.54 Å². The molecule has 0 saturated carbocycles. The Balaban J connectivity index is 2.11. The molecule has 0 fully saturated rings. The van der Waals surface area contributed by atoms with Crippen molar-refractivity contribution in [1.29, 1.82) is 0 Å². The summed E-state index contributed by atoms with van der Waals surface area (Å²) in [5, 5.41) is 12.1. The van der Waals surface area contributed by atoms with Crippen molar-refractivity contribution in [3.8, 4) is 0 Å². The second-order valence-corrected chi connectivity index (χ2v) is 7.08. The number of hydrogen-bond donors (Lipinski definition) is 1. The summed E-state index contributed by atoms with van der Waals surface area (Å²) in [6, 6.07) is 5.97. The predicted molar refractivity (Wildman–Crippen MR) is 82.0 cm³/mol. The van der Waals surface area contributed by atoms with Crippen LogP contribution in [0.3, 0.4) is 0 Å². The van der Waals surface area contributed by atoms with Gasteiger partial charge in [-0.1, -0.05) is 54.6 Å². The Morgan fingerprint density at radius 3 is 2.95 bits per heavy atom. The summed E-state index contributed by atoms with van der Waals surface area (Å²) in [7, 11) is 0. The largest absolute Gasteiger partial charge is 0.312 e. The number of nitrogens with one attached hydrogen (secondary N) is 1. The molecule has 6 heteroatoms. The smallest absolute Gasteiger partial charge is 0.178 e. The second-order valence-electron chi connectivity index (χ2n) is 4.55. The molecule has 0 aliphatic carbocycles. The Morgan fingerprint density at radius 1 is 1.42 bits per heavy atom. The van der Waals surface area contributed by atoms with E-state index >= 15 is 0 Å². The molecular formula is C13H16ClN3S2. The van der Waals surface area contributed by atoms with Crippen molar-refractivity contribution < 1.29 is 0 Å². The number of aromatic nitrogens is 2. The highest BCUT2D eigenvalue weighted by atomic mass is 35.5. The molecule has 1 aromatic carbocycles. The Bertz CT molecular complexity index is 515. The molecule has 0 radical (unpaired) electrons. The van der Waals surface area contributed by atoms with Crippen molar-refractivity contribution in [2.45, 2.75) is 29.6 Å². The molecule has 102 valence electrons. The van der Waals surface area contributed by atoms with Gasteiger partial charge >= 0.3 is 0 Å². The average molecular weight is 314 g/mol. The van der Waals surface area contributed by atoms with Gasteiger partial charge in [-0.2, -0.15) is 0 Å². The molecule has 0 aliphatic heterocycles. The van der Waals surface area contributed by atoms with E-state index in [2.05, 4.69) is 35.4 Å². The zero-order valence-corrected chi connectivity index (χ0v) is 13.3. The average Bonchev–Trinajstić information content (AvgIpc) is 2.85. The number of benzene rings is 1. The van der Waals surface area contributed by atoms with Crippen LogP contribution in [-0.2, 0) is 6.54 Å². The standard InChI is InChI=1S/C13H16ClN3S2/c1-9(2)6-15-7-10-11(14)4-3-5-12(10)19-13-17-16-8-18-13/h3-5,8-9,15H,6-7H2,1-2H3. The fourth-order valence-corrected chi connectivity index (χ4v) is 3.49. The SMILES string of the molecule is CC(C)CNCc1c(Cl)cccc1Sc1nncs1. The molecule has 1 N–H and O–H groups in total. The van der Waals surface area contributed by atoms with Gasteiger partial charge in [-0.15, -0.1) is 10.2 Å². The van der Waals surface area contributed by atoms with E-state index in [9.17, 15) is 0 Å². The minimum Gasteiger partial charge on any atom is -0.312 e. The van der Waals surface area contributed by atoms with Crippen LogP contribution >= 0.6 is 34.7 Å². The lowest BCUT2D eigenvalue weighted by Gasteiger charge is -2.12. The van der Waals surface area contributed by atoms with Crippen molar-refractivity contribution in [2.24, 2.45) is 5.92 Å². The molecule has 0 spiro atoms. The zero-order chi connectivity index (χ0) is 13.7. The fraction of sp³-hybridized carbons (Fsp3) is 0.385. The normalized spacial score (nSPS) is 11.2. The summed E-state index contributed by atoms with van der Waals surface area (Å²) < 4.78 is 0.937. The molecule has 3 nitrogen and oxygen atoms in total. The van der Waals surface area contributed by atoms with Crippen LogP contribution in [0.15, 0.2) is 32.9 Å². The van der Waals surface area contributed by atoms with Gasteiger partial charge in [0.25, 0.3) is 0 Å². The van der Waals surface area contributed by atoms with Crippen molar-refractivity contribution >= 4 is 34.7 Å². The van der Waals surface area contributed by atoms with Crippen LogP contribution < -0.4 is 5.32 Å². The summed E-state index contributed by atoms with van der Waals surface area (Å²) in [6.07, 6.45) is 0. The molecule has 2 aromatic rings. The highest BCUT2D eigenvalue weighted by Crippen LogP contribution is 2.34. The van der Waals surface area contributed by atoms with Gasteiger partial charge < -0.3 is 5.32 Å². The van der Waals surface area contributed by atoms with E-state index in [0.29, 0.717) is 5.92 Å². The molecule has 0 aliphatic rings. The number of halogens is 1. The van der Waals surface area contributed by atoms with Crippen LogP contribution in [0.1, 0.15) is 19.4 Å². The summed E-state index contributed by atoms with van der Waals surface area (Å²) in [5.41, 5.74) is 2.87. The Morgan fingerprint density at radius 2 is 2.26 bits per heavy atom. The van der Waals surface area contributed by atoms with E-state index < -0.39 is 0 Å². The van der Waals surface area contributed by atoms with Crippen LogP contribution in [0.2, 0.25) is 5.02 Å². The third-order valence-corrected chi connectivity index (χ3v) is 4.70. The maximum absolute atomic E-state index is 6.30. The van der Waals surface area contributed by atoms with Gasteiger partial charge in [0.1, 0.15) is 5.51 Å². The second kappa shape index (κ2) is 7.24. The van der Waals surface area contributed by atoms with Gasteiger partial charge in [-0.05, 0) is 30.2 Å². The monoisotopic (exact) mass is 313 g/mol. The Labute approximate surface area is 126 Å². The number of nitrogens with zero attached hydrogens (tertiary/aromatic N) is 2. The zero-order valence-electron chi connectivity index (χ0n) is 10.9. The molecule has 0 unspecified atom stereocenters. The molecular weight excluding hydrogens is 298 g/mol. The van der Waals surface area contributed by atoms with Crippen molar-refractivity contribution in [3.05, 3.63) is 34.3 Å². The third kappa shape index (κ3) is 4.45. The topological polar surface area (TPSA) is 37.8 Å². The van der Waals surface area contributed by atoms with Crippen LogP contribution in [-0.4, -0.2) is 16.7 Å². The lowest BCUT2D eigenvalue weighted by molar-refractivity contribution is 0.550.